The lowest BCUT2D eigenvalue weighted by Gasteiger charge is -2.29. The van der Waals surface area contributed by atoms with Crippen LogP contribution in [0.15, 0.2) is 47.4 Å². The third kappa shape index (κ3) is 3.84. The second kappa shape index (κ2) is 7.32. The first kappa shape index (κ1) is 19.4. The summed E-state index contributed by atoms with van der Waals surface area (Å²) in [5, 5.41) is 5.23. The molecule has 1 atom stereocenters. The van der Waals surface area contributed by atoms with Gasteiger partial charge in [0.1, 0.15) is 0 Å². The van der Waals surface area contributed by atoms with E-state index in [2.05, 4.69) is 4.90 Å². The number of likely N-dealkylation sites (N-methyl/N-ethyl adjacent to an activating group) is 1. The van der Waals surface area contributed by atoms with Gasteiger partial charge < -0.3 is 9.80 Å². The smallest absolute Gasteiger partial charge is 0.246 e. The number of carbonyl (C=O) groups excluding carboxylic acids is 1. The molecule has 0 aliphatic carbocycles. The van der Waals surface area contributed by atoms with E-state index < -0.39 is 10.0 Å². The molecule has 0 radical (unpaired) electrons. The molecular formula is C20H25N3O3S. The van der Waals surface area contributed by atoms with Gasteiger partial charge in [0.25, 0.3) is 0 Å². The molecule has 1 heterocycles. The summed E-state index contributed by atoms with van der Waals surface area (Å²) >= 11 is 0. The highest BCUT2D eigenvalue weighted by atomic mass is 32.2. The van der Waals surface area contributed by atoms with Crippen LogP contribution in [0.3, 0.4) is 0 Å². The lowest BCUT2D eigenvalue weighted by atomic mass is 10.1. The number of rotatable bonds is 5. The average Bonchev–Trinajstić information content (AvgIpc) is 2.94. The quantitative estimate of drug-likeness (QED) is 0.854. The third-order valence-electron chi connectivity index (χ3n) is 5.03. The van der Waals surface area contributed by atoms with Crippen LogP contribution >= 0.6 is 0 Å². The largest absolute Gasteiger partial charge is 0.362 e. The van der Waals surface area contributed by atoms with Gasteiger partial charge in [-0.15, -0.1) is 0 Å². The van der Waals surface area contributed by atoms with Gasteiger partial charge in [0.2, 0.25) is 15.9 Å². The summed E-state index contributed by atoms with van der Waals surface area (Å²) < 4.78 is 23.2. The Hall–Kier alpha value is -2.38. The van der Waals surface area contributed by atoms with E-state index in [1.165, 1.54) is 6.07 Å². The molecule has 0 aromatic heterocycles. The third-order valence-corrected chi connectivity index (χ3v) is 5.94. The summed E-state index contributed by atoms with van der Waals surface area (Å²) in [5.74, 6) is -0.00490. The Labute approximate surface area is 160 Å². The Morgan fingerprint density at radius 2 is 1.96 bits per heavy atom. The zero-order valence-corrected chi connectivity index (χ0v) is 16.7. The van der Waals surface area contributed by atoms with E-state index in [1.54, 1.807) is 17.0 Å². The van der Waals surface area contributed by atoms with Crippen molar-refractivity contribution in [3.8, 4) is 0 Å². The Balaban J connectivity index is 1.87. The van der Waals surface area contributed by atoms with E-state index in [1.807, 2.05) is 45.0 Å². The Kier molecular flexibility index (Phi) is 5.26. The van der Waals surface area contributed by atoms with Gasteiger partial charge in [-0.25, -0.2) is 13.6 Å². The number of fused-ring (bicyclic) bond motifs is 1. The highest BCUT2D eigenvalue weighted by molar-refractivity contribution is 7.89. The molecule has 6 nitrogen and oxygen atoms in total. The van der Waals surface area contributed by atoms with Gasteiger partial charge in [-0.3, -0.25) is 4.79 Å². The molecule has 7 heteroatoms. The van der Waals surface area contributed by atoms with Crippen molar-refractivity contribution in [2.75, 3.05) is 22.9 Å². The SMILES string of the molecule is CCN(CC(=O)N1c2ccc(S(N)(=O)=O)cc2CC1C)c1ccccc1C. The predicted octanol–water partition coefficient (Wildman–Crippen LogP) is 2.45. The minimum absolute atomic E-state index is 0.00490. The molecule has 3 rings (SSSR count). The molecule has 0 fully saturated rings. The number of hydrogen-bond acceptors (Lipinski definition) is 4. The highest BCUT2D eigenvalue weighted by Gasteiger charge is 2.32. The first-order valence-corrected chi connectivity index (χ1v) is 10.6. The molecule has 0 bridgehead atoms. The fraction of sp³-hybridized carbons (Fsp3) is 0.350. The first-order valence-electron chi connectivity index (χ1n) is 9.00. The van der Waals surface area contributed by atoms with E-state index >= 15 is 0 Å². The molecule has 1 amide bonds. The van der Waals surface area contributed by atoms with Crippen LogP contribution in [0.25, 0.3) is 0 Å². The first-order chi connectivity index (χ1) is 12.7. The number of anilines is 2. The maximum absolute atomic E-state index is 13.1. The summed E-state index contributed by atoms with van der Waals surface area (Å²) in [6.45, 7) is 7.02. The fourth-order valence-corrected chi connectivity index (χ4v) is 4.25. The van der Waals surface area contributed by atoms with Crippen LogP contribution in [0.5, 0.6) is 0 Å². The number of carbonyl (C=O) groups is 1. The van der Waals surface area contributed by atoms with E-state index in [4.69, 9.17) is 5.14 Å². The molecule has 1 aliphatic heterocycles. The van der Waals surface area contributed by atoms with Crippen LogP contribution in [0.4, 0.5) is 11.4 Å². The van der Waals surface area contributed by atoms with Crippen molar-refractivity contribution in [3.05, 3.63) is 53.6 Å². The van der Waals surface area contributed by atoms with Crippen LogP contribution in [-0.4, -0.2) is 33.5 Å². The number of para-hydroxylation sites is 1. The summed E-state index contributed by atoms with van der Waals surface area (Å²) in [7, 11) is -3.76. The van der Waals surface area contributed by atoms with Gasteiger partial charge in [-0.1, -0.05) is 18.2 Å². The topological polar surface area (TPSA) is 83.7 Å². The molecule has 0 spiro atoms. The van der Waals surface area contributed by atoms with Crippen LogP contribution < -0.4 is 14.9 Å². The maximum atomic E-state index is 13.1. The minimum Gasteiger partial charge on any atom is -0.362 e. The van der Waals surface area contributed by atoms with Crippen LogP contribution in [-0.2, 0) is 21.2 Å². The molecule has 27 heavy (non-hydrogen) atoms. The second-order valence-electron chi connectivity index (χ2n) is 6.95. The van der Waals surface area contributed by atoms with Crippen molar-refractivity contribution in [3.63, 3.8) is 0 Å². The summed E-state index contributed by atoms with van der Waals surface area (Å²) in [5.41, 5.74) is 3.77. The second-order valence-corrected chi connectivity index (χ2v) is 8.51. The number of aryl methyl sites for hydroxylation is 1. The van der Waals surface area contributed by atoms with Crippen LogP contribution in [0.1, 0.15) is 25.0 Å². The molecule has 2 aromatic carbocycles. The van der Waals surface area contributed by atoms with Crippen molar-refractivity contribution < 1.29 is 13.2 Å². The summed E-state index contributed by atoms with van der Waals surface area (Å²) in [4.78, 5) is 17.0. The van der Waals surface area contributed by atoms with Gasteiger partial charge in [-0.2, -0.15) is 0 Å². The van der Waals surface area contributed by atoms with E-state index in [-0.39, 0.29) is 23.4 Å². The van der Waals surface area contributed by atoms with Crippen molar-refractivity contribution >= 4 is 27.3 Å². The van der Waals surface area contributed by atoms with Crippen LogP contribution in [0, 0.1) is 6.92 Å². The Morgan fingerprint density at radius 1 is 1.26 bits per heavy atom. The lowest BCUT2D eigenvalue weighted by Crippen LogP contribution is -2.43. The van der Waals surface area contributed by atoms with Crippen molar-refractivity contribution in [1.82, 2.24) is 0 Å². The monoisotopic (exact) mass is 387 g/mol. The Bertz CT molecular complexity index is 972. The van der Waals surface area contributed by atoms with E-state index in [0.717, 1.165) is 29.0 Å². The van der Waals surface area contributed by atoms with Gasteiger partial charge in [0, 0.05) is 24.0 Å². The van der Waals surface area contributed by atoms with Gasteiger partial charge in [-0.05, 0) is 62.6 Å². The van der Waals surface area contributed by atoms with Gasteiger partial charge in [0.05, 0.1) is 11.4 Å². The number of primary sulfonamides is 1. The molecule has 2 aromatic rings. The van der Waals surface area contributed by atoms with Gasteiger partial charge in [0.15, 0.2) is 0 Å². The molecule has 144 valence electrons. The normalized spacial score (nSPS) is 16.3. The summed E-state index contributed by atoms with van der Waals surface area (Å²) in [6.07, 6.45) is 0.612. The number of sulfonamides is 1. The molecule has 0 saturated heterocycles. The van der Waals surface area contributed by atoms with Crippen LogP contribution in [0.2, 0.25) is 0 Å². The number of amides is 1. The summed E-state index contributed by atoms with van der Waals surface area (Å²) in [6, 6.07) is 12.7. The van der Waals surface area contributed by atoms with Gasteiger partial charge >= 0.3 is 0 Å². The number of hydrogen-bond donors (Lipinski definition) is 1. The van der Waals surface area contributed by atoms with Crippen molar-refractivity contribution in [2.45, 2.75) is 38.1 Å². The number of benzene rings is 2. The highest BCUT2D eigenvalue weighted by Crippen LogP contribution is 2.34. The molecule has 0 saturated carbocycles. The molecule has 1 aliphatic rings. The molecular weight excluding hydrogens is 362 g/mol. The fourth-order valence-electron chi connectivity index (χ4n) is 3.69. The van der Waals surface area contributed by atoms with Crippen molar-refractivity contribution in [1.29, 1.82) is 0 Å². The zero-order chi connectivity index (χ0) is 19.8. The molecule has 1 unspecified atom stereocenters. The zero-order valence-electron chi connectivity index (χ0n) is 15.8. The number of nitrogens with zero attached hydrogens (tertiary/aromatic N) is 2. The van der Waals surface area contributed by atoms with Crippen molar-refractivity contribution in [2.24, 2.45) is 5.14 Å². The average molecular weight is 388 g/mol. The van der Waals surface area contributed by atoms with E-state index in [0.29, 0.717) is 6.42 Å². The standard InChI is InChI=1S/C20H25N3O3S/c1-4-22(18-8-6-5-7-14(18)2)13-20(24)23-15(3)11-16-12-17(27(21,25)26)9-10-19(16)23/h5-10,12,15H,4,11,13H2,1-3H3,(H2,21,25,26). The van der Waals surface area contributed by atoms with E-state index in [9.17, 15) is 13.2 Å². The Morgan fingerprint density at radius 3 is 2.59 bits per heavy atom. The lowest BCUT2D eigenvalue weighted by molar-refractivity contribution is -0.117. The maximum Gasteiger partial charge on any atom is 0.246 e. The predicted molar refractivity (Wildman–Crippen MR) is 108 cm³/mol. The molecule has 2 N–H and O–H groups in total. The number of nitrogens with two attached hydrogens (primary N) is 1. The minimum atomic E-state index is -3.76.